The number of ether oxygens (including phenoxy) is 3. The average molecular weight is 1120 g/mol. The van der Waals surface area contributed by atoms with Gasteiger partial charge in [-0.2, -0.15) is 0 Å². The van der Waals surface area contributed by atoms with Crippen molar-refractivity contribution in [1.29, 1.82) is 0 Å². The van der Waals surface area contributed by atoms with Crippen LogP contribution in [-0.4, -0.2) is 75.9 Å². The van der Waals surface area contributed by atoms with Crippen molar-refractivity contribution >= 4 is 87.9 Å². The van der Waals surface area contributed by atoms with Crippen molar-refractivity contribution < 1.29 is 37.8 Å². The van der Waals surface area contributed by atoms with Crippen LogP contribution in [0.3, 0.4) is 0 Å². The Morgan fingerprint density at radius 1 is 0.571 bits per heavy atom. The molecule has 0 unspecified atom stereocenters. The third-order valence-corrected chi connectivity index (χ3v) is 20.6. The Kier molecular flexibility index (Phi) is 16.6. The van der Waals surface area contributed by atoms with Crippen molar-refractivity contribution in [1.82, 2.24) is 30.2 Å². The zero-order chi connectivity index (χ0) is 54.3. The number of Topliss-reactive ketones (excluding diaryl/α,β-unsaturated/α-hetero) is 1. The number of alkyl carbamates (subject to hydrolysis) is 1. The fourth-order valence-corrected chi connectivity index (χ4v) is 16.6. The minimum absolute atomic E-state index is 0.0264. The molecule has 0 saturated heterocycles. The number of ketones is 1. The molecule has 0 aliphatic heterocycles. The summed E-state index contributed by atoms with van der Waals surface area (Å²) < 4.78 is 24.5. The number of hydrogen-bond acceptors (Lipinski definition) is 17. The fourth-order valence-electron chi connectivity index (χ4n) is 8.62. The molecule has 392 valence electrons. The van der Waals surface area contributed by atoms with E-state index in [4.69, 9.17) is 33.6 Å². The maximum atomic E-state index is 14.1. The van der Waals surface area contributed by atoms with Crippen LogP contribution in [-0.2, 0) is 18.6 Å². The number of rotatable bonds is 18. The number of nitrogens with one attached hydrogen (secondary N) is 1. The minimum Gasteiger partial charge on any atom is -0.461 e. The van der Waals surface area contributed by atoms with Gasteiger partial charge in [0.2, 0.25) is 0 Å². The zero-order valence-electron chi connectivity index (χ0n) is 43.2. The van der Waals surface area contributed by atoms with Crippen LogP contribution in [0.1, 0.15) is 103 Å². The standard InChI is InChI=1S/C58H54N6O8S4Si/c1-8-69-54(66)44-34-73-50(62-44)40-29-30-41(51-63-45(35-75-51)55(67)70-31-46(65)36-21-13-9-14-22-36)59-47(40)42-32-74-52(60-42)43-33-76-53(61-43)48(64-56(68)71-57(2,3)4)49(37-23-15-10-16-24-37)72-77(58(5,6)7,38-25-17-11-18-26-38)39-27-19-12-20-28-39/h9-30,32-35,48-49H,8,31H2,1-7H3,(H,64,68)/t48-,49+/m1/s1. The van der Waals surface area contributed by atoms with E-state index < -0.39 is 55.7 Å². The van der Waals surface area contributed by atoms with Crippen molar-refractivity contribution in [3.63, 3.8) is 0 Å². The van der Waals surface area contributed by atoms with Crippen LogP contribution in [0, 0.1) is 0 Å². The van der Waals surface area contributed by atoms with Crippen LogP contribution < -0.4 is 15.7 Å². The van der Waals surface area contributed by atoms with E-state index in [1.165, 1.54) is 45.3 Å². The number of benzene rings is 4. The highest BCUT2D eigenvalue weighted by Gasteiger charge is 2.53. The summed E-state index contributed by atoms with van der Waals surface area (Å²) in [5, 5.41) is 14.0. The summed E-state index contributed by atoms with van der Waals surface area (Å²) in [6.07, 6.45) is -1.39. The number of amides is 1. The van der Waals surface area contributed by atoms with Gasteiger partial charge in [0.1, 0.15) is 48.8 Å². The Labute approximate surface area is 463 Å². The number of hydrogen-bond donors (Lipinski definition) is 1. The van der Waals surface area contributed by atoms with Crippen LogP contribution in [0.15, 0.2) is 155 Å². The van der Waals surface area contributed by atoms with Crippen molar-refractivity contribution in [2.45, 2.75) is 71.3 Å². The first kappa shape index (κ1) is 54.4. The molecule has 0 radical (unpaired) electrons. The van der Waals surface area contributed by atoms with E-state index in [9.17, 15) is 19.2 Å². The highest BCUT2D eigenvalue weighted by molar-refractivity contribution is 7.15. The predicted octanol–water partition coefficient (Wildman–Crippen LogP) is 12.7. The van der Waals surface area contributed by atoms with Gasteiger partial charge in [-0.25, -0.2) is 39.3 Å². The molecule has 0 bridgehead atoms. The number of aromatic nitrogens is 5. The van der Waals surface area contributed by atoms with E-state index in [0.29, 0.717) is 53.9 Å². The summed E-state index contributed by atoms with van der Waals surface area (Å²) in [6.45, 7) is 13.6. The molecule has 0 fully saturated rings. The Morgan fingerprint density at radius 2 is 1.12 bits per heavy atom. The molecule has 1 N–H and O–H groups in total. The molecule has 4 aromatic carbocycles. The van der Waals surface area contributed by atoms with Crippen LogP contribution in [0.25, 0.3) is 43.4 Å². The normalized spacial score (nSPS) is 12.6. The molecule has 77 heavy (non-hydrogen) atoms. The number of thiazole rings is 4. The van der Waals surface area contributed by atoms with Crippen LogP contribution in [0.5, 0.6) is 0 Å². The quantitative estimate of drug-likeness (QED) is 0.0371. The Bertz CT molecular complexity index is 3460. The summed E-state index contributed by atoms with van der Waals surface area (Å²) in [4.78, 5) is 77.4. The van der Waals surface area contributed by atoms with Gasteiger partial charge in [0.25, 0.3) is 8.32 Å². The van der Waals surface area contributed by atoms with Crippen molar-refractivity contribution in [2.24, 2.45) is 0 Å². The van der Waals surface area contributed by atoms with E-state index in [1.807, 2.05) is 104 Å². The van der Waals surface area contributed by atoms with Crippen LogP contribution in [0.4, 0.5) is 4.79 Å². The highest BCUT2D eigenvalue weighted by Crippen LogP contribution is 2.45. The van der Waals surface area contributed by atoms with E-state index in [-0.39, 0.29) is 23.8 Å². The first-order chi connectivity index (χ1) is 37.0. The smallest absolute Gasteiger partial charge is 0.408 e. The average Bonchev–Trinajstić information content (AvgIpc) is 4.30. The van der Waals surface area contributed by atoms with E-state index >= 15 is 0 Å². The largest absolute Gasteiger partial charge is 0.461 e. The van der Waals surface area contributed by atoms with Gasteiger partial charge in [-0.05, 0) is 60.8 Å². The second kappa shape index (κ2) is 23.5. The Hall–Kier alpha value is -7.39. The monoisotopic (exact) mass is 1120 g/mol. The molecular weight excluding hydrogens is 1070 g/mol. The lowest BCUT2D eigenvalue weighted by atomic mass is 10.0. The first-order valence-electron chi connectivity index (χ1n) is 24.6. The Morgan fingerprint density at radius 3 is 1.73 bits per heavy atom. The van der Waals surface area contributed by atoms with Gasteiger partial charge in [-0.15, -0.1) is 45.3 Å². The van der Waals surface area contributed by atoms with Gasteiger partial charge in [0.05, 0.1) is 18.4 Å². The maximum absolute atomic E-state index is 14.1. The molecule has 19 heteroatoms. The van der Waals surface area contributed by atoms with Crippen molar-refractivity contribution in [2.75, 3.05) is 13.2 Å². The number of nitrogens with zero attached hydrogens (tertiary/aromatic N) is 5. The number of pyridine rings is 1. The van der Waals surface area contributed by atoms with Gasteiger partial charge in [-0.3, -0.25) is 4.79 Å². The van der Waals surface area contributed by atoms with E-state index in [0.717, 1.165) is 15.9 Å². The van der Waals surface area contributed by atoms with Crippen molar-refractivity contribution in [3.8, 4) is 43.4 Å². The molecule has 5 heterocycles. The lowest BCUT2D eigenvalue weighted by molar-refractivity contribution is 0.0432. The van der Waals surface area contributed by atoms with Gasteiger partial charge in [-0.1, -0.05) is 142 Å². The molecule has 9 rings (SSSR count). The SMILES string of the molecule is CCOC(=O)c1csc(-c2ccc(-c3nc(C(=O)OCC(=O)c4ccccc4)cs3)nc2-c2csc(-c3csc([C@H](NC(=O)OC(C)(C)C)[C@@H](O[Si](c4ccccc4)(c4ccccc4)C(C)(C)C)c4ccccc4)n3)n2)n1. The molecule has 14 nitrogen and oxygen atoms in total. The Balaban J connectivity index is 1.10. The van der Waals surface area contributed by atoms with Gasteiger partial charge < -0.3 is 24.0 Å². The molecular formula is C58H54N6O8S4Si. The molecule has 5 aromatic heterocycles. The summed E-state index contributed by atoms with van der Waals surface area (Å²) in [7, 11) is -3.28. The first-order valence-corrected chi connectivity index (χ1v) is 30.0. The molecule has 0 aliphatic carbocycles. The maximum Gasteiger partial charge on any atom is 0.408 e. The third-order valence-electron chi connectivity index (χ3n) is 12.1. The summed E-state index contributed by atoms with van der Waals surface area (Å²) in [6, 6.07) is 41.9. The molecule has 0 aliphatic rings. The zero-order valence-corrected chi connectivity index (χ0v) is 47.5. The van der Waals surface area contributed by atoms with Gasteiger partial charge in [0.15, 0.2) is 23.8 Å². The van der Waals surface area contributed by atoms with Crippen LogP contribution >= 0.6 is 45.3 Å². The number of carbonyl (C=O) groups is 4. The summed E-state index contributed by atoms with van der Waals surface area (Å²) in [5.41, 5.74) is 3.15. The molecule has 9 aromatic rings. The minimum atomic E-state index is -3.28. The predicted molar refractivity (Wildman–Crippen MR) is 306 cm³/mol. The van der Waals surface area contributed by atoms with E-state index in [1.54, 1.807) is 54.1 Å². The fraction of sp³-hybridized carbons (Fsp3) is 0.224. The topological polar surface area (TPSA) is 182 Å². The molecule has 1 amide bonds. The number of esters is 2. The number of carbonyl (C=O) groups excluding carboxylic acids is 4. The summed E-state index contributed by atoms with van der Waals surface area (Å²) in [5.74, 6) is -1.63. The van der Waals surface area contributed by atoms with Crippen molar-refractivity contribution in [3.05, 3.63) is 183 Å². The lowest BCUT2D eigenvalue weighted by Crippen LogP contribution is -2.67. The van der Waals surface area contributed by atoms with Gasteiger partial charge in [0, 0.05) is 32.6 Å². The molecule has 0 spiro atoms. The van der Waals surface area contributed by atoms with Crippen LogP contribution in [0.2, 0.25) is 5.04 Å². The molecule has 2 atom stereocenters. The van der Waals surface area contributed by atoms with E-state index in [2.05, 4.69) is 60.3 Å². The second-order valence-corrected chi connectivity index (χ2v) is 27.3. The summed E-state index contributed by atoms with van der Waals surface area (Å²) >= 11 is 5.18. The lowest BCUT2D eigenvalue weighted by Gasteiger charge is -2.46. The molecule has 0 saturated carbocycles. The highest BCUT2D eigenvalue weighted by atomic mass is 32.1. The van der Waals surface area contributed by atoms with Gasteiger partial charge >= 0.3 is 18.0 Å². The third kappa shape index (κ3) is 12.4. The second-order valence-electron chi connectivity index (χ2n) is 19.6.